The fourth-order valence-electron chi connectivity index (χ4n) is 2.52. The Kier molecular flexibility index (Phi) is 3.81. The van der Waals surface area contributed by atoms with E-state index in [1.807, 2.05) is 24.3 Å². The molecule has 4 rings (SSSR count). The van der Waals surface area contributed by atoms with E-state index in [0.717, 1.165) is 23.2 Å². The van der Waals surface area contributed by atoms with E-state index in [9.17, 15) is 13.6 Å². The minimum absolute atomic E-state index is 0.304. The first kappa shape index (κ1) is 15.8. The maximum atomic E-state index is 13.6. The van der Waals surface area contributed by atoms with Gasteiger partial charge in [0.25, 0.3) is 0 Å². The molecule has 2 heterocycles. The minimum Gasteiger partial charge on any atom is -0.337 e. The number of rotatable bonds is 3. The summed E-state index contributed by atoms with van der Waals surface area (Å²) in [5.74, 6) is -1.27. The Hall–Kier alpha value is -3.75. The molecule has 0 aliphatic rings. The molecule has 7 nitrogen and oxygen atoms in total. The highest BCUT2D eigenvalue weighted by molar-refractivity contribution is 6.01. The third-order valence-corrected chi connectivity index (χ3v) is 3.72. The molecule has 0 saturated heterocycles. The van der Waals surface area contributed by atoms with Crippen LogP contribution in [0.15, 0.2) is 48.7 Å². The fraction of sp³-hybridized carbons (Fsp3) is 0. The number of H-pyrrole nitrogens is 2. The van der Waals surface area contributed by atoms with Gasteiger partial charge < -0.3 is 15.6 Å². The van der Waals surface area contributed by atoms with Crippen molar-refractivity contribution in [1.29, 1.82) is 0 Å². The third kappa shape index (κ3) is 2.86. The second kappa shape index (κ2) is 6.28. The van der Waals surface area contributed by atoms with Gasteiger partial charge in [-0.05, 0) is 24.3 Å². The van der Waals surface area contributed by atoms with Gasteiger partial charge in [0.1, 0.15) is 23.0 Å². The Bertz CT molecular complexity index is 1050. The van der Waals surface area contributed by atoms with E-state index in [0.29, 0.717) is 17.2 Å². The van der Waals surface area contributed by atoms with Crippen molar-refractivity contribution >= 4 is 28.4 Å². The van der Waals surface area contributed by atoms with E-state index in [-0.39, 0.29) is 0 Å². The third-order valence-electron chi connectivity index (χ3n) is 3.72. The maximum absolute atomic E-state index is 13.6. The summed E-state index contributed by atoms with van der Waals surface area (Å²) in [5.41, 5.74) is 1.78. The molecule has 26 heavy (non-hydrogen) atoms. The zero-order valence-corrected chi connectivity index (χ0v) is 13.2. The van der Waals surface area contributed by atoms with Gasteiger partial charge in [0.2, 0.25) is 0 Å². The lowest BCUT2D eigenvalue weighted by molar-refractivity contribution is 0.262. The molecule has 0 unspecified atom stereocenters. The molecule has 2 aromatic heterocycles. The van der Waals surface area contributed by atoms with Gasteiger partial charge in [-0.1, -0.05) is 18.2 Å². The normalized spacial score (nSPS) is 10.8. The molecule has 9 heteroatoms. The van der Waals surface area contributed by atoms with Crippen LogP contribution >= 0.6 is 0 Å². The predicted molar refractivity (Wildman–Crippen MR) is 92.7 cm³/mol. The van der Waals surface area contributed by atoms with Crippen molar-refractivity contribution < 1.29 is 13.6 Å². The lowest BCUT2D eigenvalue weighted by Crippen LogP contribution is -2.21. The number of urea groups is 1. The Morgan fingerprint density at radius 1 is 1.00 bits per heavy atom. The summed E-state index contributed by atoms with van der Waals surface area (Å²) in [7, 11) is 0. The molecular weight excluding hydrogens is 342 g/mol. The highest BCUT2D eigenvalue weighted by Gasteiger charge is 2.16. The number of imidazole rings is 1. The topological polar surface area (TPSA) is 98.5 Å². The van der Waals surface area contributed by atoms with Crippen LogP contribution in [0.5, 0.6) is 0 Å². The van der Waals surface area contributed by atoms with Crippen molar-refractivity contribution in [3.05, 3.63) is 60.3 Å². The molecule has 2 amide bonds. The minimum atomic E-state index is -0.871. The number of carbonyl (C=O) groups excluding carboxylic acids is 1. The van der Waals surface area contributed by atoms with E-state index in [1.54, 1.807) is 0 Å². The SMILES string of the molecule is O=C(Nc1cn[nH]c1-c1nc2ccccc2[nH]1)Nc1c(F)cccc1F. The number of para-hydroxylation sites is 3. The smallest absolute Gasteiger partial charge is 0.323 e. The zero-order chi connectivity index (χ0) is 18.1. The number of benzene rings is 2. The van der Waals surface area contributed by atoms with Crippen molar-refractivity contribution in [1.82, 2.24) is 20.2 Å². The molecule has 0 fully saturated rings. The molecule has 0 saturated carbocycles. The number of nitrogens with one attached hydrogen (secondary N) is 4. The van der Waals surface area contributed by atoms with Gasteiger partial charge in [-0.3, -0.25) is 5.10 Å². The summed E-state index contributed by atoms with van der Waals surface area (Å²) in [4.78, 5) is 19.6. The van der Waals surface area contributed by atoms with Crippen LogP contribution in [-0.2, 0) is 0 Å². The van der Waals surface area contributed by atoms with Gasteiger partial charge in [-0.2, -0.15) is 5.10 Å². The van der Waals surface area contributed by atoms with Crippen LogP contribution < -0.4 is 10.6 Å². The van der Waals surface area contributed by atoms with Crippen molar-refractivity contribution in [2.75, 3.05) is 10.6 Å². The predicted octanol–water partition coefficient (Wildman–Crippen LogP) is 3.88. The van der Waals surface area contributed by atoms with Crippen LogP contribution in [-0.4, -0.2) is 26.2 Å². The Morgan fingerprint density at radius 3 is 2.54 bits per heavy atom. The van der Waals surface area contributed by atoms with E-state index >= 15 is 0 Å². The van der Waals surface area contributed by atoms with E-state index in [4.69, 9.17) is 0 Å². The molecule has 0 spiro atoms. The lowest BCUT2D eigenvalue weighted by Gasteiger charge is -2.08. The Labute approximate surface area is 145 Å². The molecule has 0 radical (unpaired) electrons. The van der Waals surface area contributed by atoms with E-state index in [1.165, 1.54) is 12.3 Å². The molecule has 4 aromatic rings. The molecule has 0 aliphatic carbocycles. The van der Waals surface area contributed by atoms with Gasteiger partial charge in [0, 0.05) is 0 Å². The van der Waals surface area contributed by atoms with Gasteiger partial charge in [0.05, 0.1) is 22.9 Å². The average molecular weight is 354 g/mol. The number of amides is 2. The quantitative estimate of drug-likeness (QED) is 0.449. The number of nitrogens with zero attached hydrogens (tertiary/aromatic N) is 2. The van der Waals surface area contributed by atoms with Crippen LogP contribution in [0.4, 0.5) is 25.0 Å². The average Bonchev–Trinajstić information content (AvgIpc) is 3.24. The fourth-order valence-corrected chi connectivity index (χ4v) is 2.52. The van der Waals surface area contributed by atoms with Crippen molar-refractivity contribution in [3.8, 4) is 11.5 Å². The largest absolute Gasteiger partial charge is 0.337 e. The molecule has 2 aromatic carbocycles. The number of aromatic amines is 2. The standard InChI is InChI=1S/C17H12F2N6O/c18-9-4-3-5-10(19)14(9)24-17(26)23-13-8-20-25-15(13)16-21-11-6-1-2-7-12(11)22-16/h1-8H,(H,20,25)(H,21,22)(H2,23,24,26). The number of hydrogen-bond donors (Lipinski definition) is 4. The highest BCUT2D eigenvalue weighted by Crippen LogP contribution is 2.25. The Morgan fingerprint density at radius 2 is 1.77 bits per heavy atom. The number of aromatic nitrogens is 4. The van der Waals surface area contributed by atoms with Crippen LogP contribution in [0.25, 0.3) is 22.6 Å². The number of halogens is 2. The molecule has 0 bridgehead atoms. The molecule has 130 valence electrons. The van der Waals surface area contributed by atoms with Gasteiger partial charge >= 0.3 is 6.03 Å². The summed E-state index contributed by atoms with van der Waals surface area (Å²) in [6.45, 7) is 0. The summed E-state index contributed by atoms with van der Waals surface area (Å²) >= 11 is 0. The number of carbonyl (C=O) groups is 1. The van der Waals surface area contributed by atoms with Crippen LogP contribution in [0.1, 0.15) is 0 Å². The molecule has 4 N–H and O–H groups in total. The van der Waals surface area contributed by atoms with Gasteiger partial charge in [0.15, 0.2) is 5.82 Å². The monoisotopic (exact) mass is 354 g/mol. The van der Waals surface area contributed by atoms with Gasteiger partial charge in [-0.15, -0.1) is 0 Å². The molecule has 0 atom stereocenters. The second-order valence-corrected chi connectivity index (χ2v) is 5.44. The first-order chi connectivity index (χ1) is 12.6. The van der Waals surface area contributed by atoms with Crippen molar-refractivity contribution in [2.24, 2.45) is 0 Å². The summed E-state index contributed by atoms with van der Waals surface area (Å²) in [6.07, 6.45) is 1.37. The van der Waals surface area contributed by atoms with Crippen LogP contribution in [0.3, 0.4) is 0 Å². The van der Waals surface area contributed by atoms with Crippen LogP contribution in [0, 0.1) is 11.6 Å². The number of fused-ring (bicyclic) bond motifs is 1. The molecule has 0 aliphatic heterocycles. The summed E-state index contributed by atoms with van der Waals surface area (Å²) in [6, 6.07) is 9.93. The van der Waals surface area contributed by atoms with Crippen molar-refractivity contribution in [2.45, 2.75) is 0 Å². The second-order valence-electron chi connectivity index (χ2n) is 5.44. The summed E-state index contributed by atoms with van der Waals surface area (Å²) < 4.78 is 27.3. The lowest BCUT2D eigenvalue weighted by atomic mass is 10.3. The number of hydrogen-bond acceptors (Lipinski definition) is 3. The van der Waals surface area contributed by atoms with Gasteiger partial charge in [-0.25, -0.2) is 18.6 Å². The maximum Gasteiger partial charge on any atom is 0.323 e. The molecular formula is C17H12F2N6O. The first-order valence-electron chi connectivity index (χ1n) is 7.62. The van der Waals surface area contributed by atoms with Crippen LogP contribution in [0.2, 0.25) is 0 Å². The van der Waals surface area contributed by atoms with E-state index in [2.05, 4.69) is 30.8 Å². The zero-order valence-electron chi connectivity index (χ0n) is 13.2. The number of anilines is 2. The van der Waals surface area contributed by atoms with E-state index < -0.39 is 23.4 Å². The Balaban J connectivity index is 1.58. The first-order valence-corrected chi connectivity index (χ1v) is 7.62. The summed E-state index contributed by atoms with van der Waals surface area (Å²) in [5, 5.41) is 11.3. The highest BCUT2D eigenvalue weighted by atomic mass is 19.1. The van der Waals surface area contributed by atoms with Crippen molar-refractivity contribution in [3.63, 3.8) is 0 Å².